The zero-order valence-electron chi connectivity index (χ0n) is 8.90. The number of thiazole rings is 1. The maximum Gasteiger partial charge on any atom is 0.275 e. The van der Waals surface area contributed by atoms with Crippen molar-refractivity contribution in [1.29, 1.82) is 0 Å². The molecule has 1 aromatic heterocycles. The van der Waals surface area contributed by atoms with Crippen molar-refractivity contribution in [2.75, 3.05) is 5.32 Å². The van der Waals surface area contributed by atoms with Crippen LogP contribution < -0.4 is 5.32 Å². The Morgan fingerprint density at radius 1 is 1.53 bits per heavy atom. The normalized spacial score (nSPS) is 10.2. The largest absolute Gasteiger partial charge is 0.508 e. The number of nitrogens with one attached hydrogen (secondary N) is 1. The Morgan fingerprint density at radius 3 is 2.88 bits per heavy atom. The Labute approximate surface area is 101 Å². The fourth-order valence-corrected chi connectivity index (χ4v) is 1.85. The van der Waals surface area contributed by atoms with Crippen LogP contribution in [0, 0.1) is 12.7 Å². The molecule has 1 aromatic carbocycles. The van der Waals surface area contributed by atoms with E-state index in [1.807, 2.05) is 0 Å². The standard InChI is InChI=1S/C11H9FN2O2S/c1-6-13-10(5-17-6)11(16)14-9-3-2-7(15)4-8(9)12/h2-5,15H,1H3,(H,14,16). The third-order valence-electron chi connectivity index (χ3n) is 2.05. The number of amides is 1. The first kappa shape index (κ1) is 11.5. The summed E-state index contributed by atoms with van der Waals surface area (Å²) in [6.07, 6.45) is 0. The van der Waals surface area contributed by atoms with Gasteiger partial charge in [-0.1, -0.05) is 0 Å². The molecule has 4 nitrogen and oxygen atoms in total. The molecule has 0 aliphatic heterocycles. The van der Waals surface area contributed by atoms with Crippen LogP contribution in [0.15, 0.2) is 23.6 Å². The van der Waals surface area contributed by atoms with E-state index in [4.69, 9.17) is 5.11 Å². The third kappa shape index (κ3) is 2.59. The number of benzene rings is 1. The fourth-order valence-electron chi connectivity index (χ4n) is 1.26. The van der Waals surface area contributed by atoms with Gasteiger partial charge in [0.15, 0.2) is 0 Å². The predicted octanol–water partition coefficient (Wildman–Crippen LogP) is 2.55. The van der Waals surface area contributed by atoms with E-state index in [1.54, 1.807) is 12.3 Å². The topological polar surface area (TPSA) is 62.2 Å². The van der Waals surface area contributed by atoms with Crippen LogP contribution in [0.3, 0.4) is 0 Å². The molecule has 0 saturated heterocycles. The molecular formula is C11H9FN2O2S. The Kier molecular flexibility index (Phi) is 3.06. The first-order chi connectivity index (χ1) is 8.06. The lowest BCUT2D eigenvalue weighted by molar-refractivity contribution is 0.102. The van der Waals surface area contributed by atoms with Crippen molar-refractivity contribution >= 4 is 22.9 Å². The van der Waals surface area contributed by atoms with Crippen LogP contribution in [0.4, 0.5) is 10.1 Å². The number of carbonyl (C=O) groups excluding carboxylic acids is 1. The lowest BCUT2D eigenvalue weighted by Crippen LogP contribution is -2.13. The van der Waals surface area contributed by atoms with E-state index < -0.39 is 11.7 Å². The monoisotopic (exact) mass is 252 g/mol. The molecule has 0 bridgehead atoms. The lowest BCUT2D eigenvalue weighted by atomic mass is 10.3. The number of aromatic nitrogens is 1. The van der Waals surface area contributed by atoms with Crippen molar-refractivity contribution in [1.82, 2.24) is 4.98 Å². The molecule has 17 heavy (non-hydrogen) atoms. The Balaban J connectivity index is 2.18. The number of aromatic hydroxyl groups is 1. The molecule has 0 fully saturated rings. The number of aryl methyl sites for hydroxylation is 1. The number of nitrogens with zero attached hydrogens (tertiary/aromatic N) is 1. The summed E-state index contributed by atoms with van der Waals surface area (Å²) in [5, 5.41) is 13.8. The molecule has 6 heteroatoms. The van der Waals surface area contributed by atoms with Crippen LogP contribution in [-0.4, -0.2) is 16.0 Å². The van der Waals surface area contributed by atoms with Crippen molar-refractivity contribution in [2.45, 2.75) is 6.92 Å². The Morgan fingerprint density at radius 2 is 2.29 bits per heavy atom. The van der Waals surface area contributed by atoms with E-state index in [-0.39, 0.29) is 17.1 Å². The van der Waals surface area contributed by atoms with Gasteiger partial charge in [0.25, 0.3) is 5.91 Å². The van der Waals surface area contributed by atoms with Crippen molar-refractivity contribution in [3.8, 4) is 5.75 Å². The number of halogens is 1. The maximum atomic E-state index is 13.3. The lowest BCUT2D eigenvalue weighted by Gasteiger charge is -2.04. The number of phenols is 1. The summed E-state index contributed by atoms with van der Waals surface area (Å²) in [6.45, 7) is 1.78. The van der Waals surface area contributed by atoms with E-state index >= 15 is 0 Å². The maximum absolute atomic E-state index is 13.3. The van der Waals surface area contributed by atoms with Crippen LogP contribution in [0.5, 0.6) is 5.75 Å². The molecule has 2 aromatic rings. The Hall–Kier alpha value is -1.95. The summed E-state index contributed by atoms with van der Waals surface area (Å²) in [5.74, 6) is -1.35. The van der Waals surface area contributed by atoms with Crippen molar-refractivity contribution in [2.24, 2.45) is 0 Å². The molecule has 0 spiro atoms. The van der Waals surface area contributed by atoms with Gasteiger partial charge in [-0.05, 0) is 19.1 Å². The Bertz CT molecular complexity index is 568. The smallest absolute Gasteiger partial charge is 0.275 e. The summed E-state index contributed by atoms with van der Waals surface area (Å²) >= 11 is 1.34. The highest BCUT2D eigenvalue weighted by Gasteiger charge is 2.12. The number of carbonyl (C=O) groups is 1. The van der Waals surface area contributed by atoms with Gasteiger partial charge in [0.1, 0.15) is 17.3 Å². The summed E-state index contributed by atoms with van der Waals surface area (Å²) in [4.78, 5) is 15.7. The number of hydrogen-bond acceptors (Lipinski definition) is 4. The second-order valence-electron chi connectivity index (χ2n) is 3.37. The van der Waals surface area contributed by atoms with Crippen LogP contribution in [0.2, 0.25) is 0 Å². The van der Waals surface area contributed by atoms with Crippen LogP contribution in [0.1, 0.15) is 15.5 Å². The second-order valence-corrected chi connectivity index (χ2v) is 4.43. The zero-order valence-corrected chi connectivity index (χ0v) is 9.71. The summed E-state index contributed by atoms with van der Waals surface area (Å²) < 4.78 is 13.3. The first-order valence-electron chi connectivity index (χ1n) is 4.78. The van der Waals surface area contributed by atoms with Gasteiger partial charge in [-0.3, -0.25) is 4.79 Å². The average Bonchev–Trinajstić information content (AvgIpc) is 2.69. The molecule has 0 unspecified atom stereocenters. The third-order valence-corrected chi connectivity index (χ3v) is 2.83. The predicted molar refractivity (Wildman–Crippen MR) is 62.9 cm³/mol. The molecule has 0 aliphatic rings. The van der Waals surface area contributed by atoms with Crippen molar-refractivity contribution in [3.63, 3.8) is 0 Å². The van der Waals surface area contributed by atoms with E-state index in [1.165, 1.54) is 23.5 Å². The molecule has 2 N–H and O–H groups in total. The van der Waals surface area contributed by atoms with Gasteiger partial charge < -0.3 is 10.4 Å². The first-order valence-corrected chi connectivity index (χ1v) is 5.66. The van der Waals surface area contributed by atoms with Gasteiger partial charge >= 0.3 is 0 Å². The molecule has 88 valence electrons. The van der Waals surface area contributed by atoms with Crippen molar-refractivity contribution < 1.29 is 14.3 Å². The van der Waals surface area contributed by atoms with Gasteiger partial charge in [0, 0.05) is 11.4 Å². The minimum Gasteiger partial charge on any atom is -0.508 e. The van der Waals surface area contributed by atoms with E-state index in [2.05, 4.69) is 10.3 Å². The molecule has 2 rings (SSSR count). The molecule has 0 saturated carbocycles. The molecular weight excluding hydrogens is 243 g/mol. The summed E-state index contributed by atoms with van der Waals surface area (Å²) in [5.41, 5.74) is 0.262. The summed E-state index contributed by atoms with van der Waals surface area (Å²) in [7, 11) is 0. The van der Waals surface area contributed by atoms with Gasteiger partial charge in [-0.15, -0.1) is 11.3 Å². The highest BCUT2D eigenvalue weighted by molar-refractivity contribution is 7.09. The van der Waals surface area contributed by atoms with E-state index in [9.17, 15) is 9.18 Å². The fraction of sp³-hybridized carbons (Fsp3) is 0.0909. The van der Waals surface area contributed by atoms with Gasteiger partial charge in [-0.25, -0.2) is 9.37 Å². The molecule has 1 amide bonds. The van der Waals surface area contributed by atoms with E-state index in [0.29, 0.717) is 0 Å². The van der Waals surface area contributed by atoms with Crippen LogP contribution >= 0.6 is 11.3 Å². The van der Waals surface area contributed by atoms with Crippen LogP contribution in [-0.2, 0) is 0 Å². The van der Waals surface area contributed by atoms with Crippen molar-refractivity contribution in [3.05, 3.63) is 40.1 Å². The molecule has 0 aliphatic carbocycles. The quantitative estimate of drug-likeness (QED) is 0.807. The van der Waals surface area contributed by atoms with E-state index in [0.717, 1.165) is 11.1 Å². The number of rotatable bonds is 2. The summed E-state index contributed by atoms with van der Waals surface area (Å²) in [6, 6.07) is 3.52. The second kappa shape index (κ2) is 4.50. The minimum atomic E-state index is -0.690. The number of phenolic OH excluding ortho intramolecular Hbond substituents is 1. The molecule has 0 atom stereocenters. The van der Waals surface area contributed by atoms with Gasteiger partial charge in [0.05, 0.1) is 10.7 Å². The molecule has 0 radical (unpaired) electrons. The minimum absolute atomic E-state index is 0.0125. The van der Waals surface area contributed by atoms with Crippen LogP contribution in [0.25, 0.3) is 0 Å². The highest BCUT2D eigenvalue weighted by atomic mass is 32.1. The zero-order chi connectivity index (χ0) is 12.4. The molecule has 1 heterocycles. The van der Waals surface area contributed by atoms with Gasteiger partial charge in [-0.2, -0.15) is 0 Å². The number of anilines is 1. The highest BCUT2D eigenvalue weighted by Crippen LogP contribution is 2.20. The van der Waals surface area contributed by atoms with Gasteiger partial charge in [0.2, 0.25) is 0 Å². The number of hydrogen-bond donors (Lipinski definition) is 2. The average molecular weight is 252 g/mol. The SMILES string of the molecule is Cc1nc(C(=O)Nc2ccc(O)cc2F)cs1.